The molecule has 0 spiro atoms. The van der Waals surface area contributed by atoms with Crippen molar-refractivity contribution in [1.29, 1.82) is 0 Å². The Kier molecular flexibility index (Phi) is 3.96. The number of nitrogens with zero attached hydrogens (tertiary/aromatic N) is 1. The number of carbonyl (C=O) groups is 1. The van der Waals surface area contributed by atoms with Crippen LogP contribution in [0.3, 0.4) is 0 Å². The molecular formula is C14H18N2OS2. The molecule has 0 saturated carbocycles. The van der Waals surface area contributed by atoms with E-state index in [2.05, 4.69) is 19.1 Å². The second-order valence-corrected chi connectivity index (χ2v) is 7.24. The van der Waals surface area contributed by atoms with Crippen molar-refractivity contribution in [2.45, 2.75) is 26.8 Å². The zero-order valence-corrected chi connectivity index (χ0v) is 13.2. The minimum Gasteiger partial charge on any atom is -0.398 e. The average Bonchev–Trinajstić information content (AvgIpc) is 2.94. The van der Waals surface area contributed by atoms with Gasteiger partial charge in [-0.15, -0.1) is 22.7 Å². The molecule has 2 N–H and O–H groups in total. The number of carbonyl (C=O) groups excluding carboxylic acids is 1. The minimum absolute atomic E-state index is 0.0309. The monoisotopic (exact) mass is 294 g/mol. The second kappa shape index (κ2) is 5.35. The van der Waals surface area contributed by atoms with Gasteiger partial charge in [-0.05, 0) is 39.0 Å². The van der Waals surface area contributed by atoms with Crippen LogP contribution in [-0.4, -0.2) is 17.9 Å². The lowest BCUT2D eigenvalue weighted by Crippen LogP contribution is -2.28. The van der Waals surface area contributed by atoms with E-state index < -0.39 is 0 Å². The molecule has 1 atom stereocenters. The van der Waals surface area contributed by atoms with Crippen LogP contribution in [0.4, 0.5) is 5.69 Å². The van der Waals surface area contributed by atoms with Gasteiger partial charge in [-0.1, -0.05) is 0 Å². The maximum Gasteiger partial charge on any atom is 0.264 e. The number of rotatable bonds is 3. The van der Waals surface area contributed by atoms with E-state index in [1.165, 1.54) is 21.1 Å². The van der Waals surface area contributed by atoms with Gasteiger partial charge in [0.15, 0.2) is 0 Å². The Morgan fingerprint density at radius 1 is 1.32 bits per heavy atom. The quantitative estimate of drug-likeness (QED) is 0.935. The Morgan fingerprint density at radius 2 is 2.00 bits per heavy atom. The van der Waals surface area contributed by atoms with E-state index in [1.807, 2.05) is 20.9 Å². The SMILES string of the molecule is Cc1ccc(C(C)N(C)C(=O)c2cc(N)c(C)s2)s1. The van der Waals surface area contributed by atoms with E-state index in [4.69, 9.17) is 5.73 Å². The third-order valence-corrected chi connectivity index (χ3v) is 5.47. The van der Waals surface area contributed by atoms with Crippen LogP contribution in [0.2, 0.25) is 0 Å². The van der Waals surface area contributed by atoms with Crippen molar-refractivity contribution in [2.24, 2.45) is 0 Å². The number of nitrogens with two attached hydrogens (primary N) is 1. The molecule has 0 saturated heterocycles. The molecule has 3 nitrogen and oxygen atoms in total. The molecule has 0 fully saturated rings. The van der Waals surface area contributed by atoms with Crippen LogP contribution in [0.5, 0.6) is 0 Å². The molecule has 2 heterocycles. The molecule has 0 aliphatic rings. The number of hydrogen-bond acceptors (Lipinski definition) is 4. The Hall–Kier alpha value is -1.33. The fourth-order valence-electron chi connectivity index (χ4n) is 1.82. The van der Waals surface area contributed by atoms with Gasteiger partial charge in [-0.2, -0.15) is 0 Å². The number of hydrogen-bond donors (Lipinski definition) is 1. The van der Waals surface area contributed by atoms with Crippen molar-refractivity contribution < 1.29 is 4.79 Å². The van der Waals surface area contributed by atoms with E-state index >= 15 is 0 Å². The number of amides is 1. The lowest BCUT2D eigenvalue weighted by Gasteiger charge is -2.23. The second-order valence-electron chi connectivity index (χ2n) is 4.66. The smallest absolute Gasteiger partial charge is 0.264 e. The summed E-state index contributed by atoms with van der Waals surface area (Å²) in [6, 6.07) is 6.02. The van der Waals surface area contributed by atoms with Gasteiger partial charge in [0.25, 0.3) is 5.91 Å². The molecule has 2 aromatic rings. The van der Waals surface area contributed by atoms with E-state index in [0.29, 0.717) is 10.6 Å². The fraction of sp³-hybridized carbons (Fsp3) is 0.357. The maximum atomic E-state index is 12.4. The topological polar surface area (TPSA) is 46.3 Å². The maximum absolute atomic E-state index is 12.4. The lowest BCUT2D eigenvalue weighted by molar-refractivity contribution is 0.0750. The summed E-state index contributed by atoms with van der Waals surface area (Å²) in [6.45, 7) is 6.06. The van der Waals surface area contributed by atoms with Gasteiger partial charge < -0.3 is 10.6 Å². The summed E-state index contributed by atoms with van der Waals surface area (Å²) in [5, 5.41) is 0. The number of thiophene rings is 2. The largest absolute Gasteiger partial charge is 0.398 e. The van der Waals surface area contributed by atoms with Gasteiger partial charge in [0.05, 0.1) is 10.9 Å². The number of nitrogen functional groups attached to an aromatic ring is 1. The van der Waals surface area contributed by atoms with Gasteiger partial charge in [-0.25, -0.2) is 0 Å². The highest BCUT2D eigenvalue weighted by molar-refractivity contribution is 7.14. The first-order valence-corrected chi connectivity index (χ1v) is 7.73. The average molecular weight is 294 g/mol. The van der Waals surface area contributed by atoms with Crippen LogP contribution in [0, 0.1) is 13.8 Å². The van der Waals surface area contributed by atoms with E-state index in [9.17, 15) is 4.79 Å². The Bertz CT molecular complexity index is 581. The van der Waals surface area contributed by atoms with E-state index in [1.54, 1.807) is 22.3 Å². The molecule has 1 amide bonds. The summed E-state index contributed by atoms with van der Waals surface area (Å²) in [5.74, 6) is 0.0309. The van der Waals surface area contributed by atoms with Crippen molar-refractivity contribution in [3.05, 3.63) is 37.7 Å². The van der Waals surface area contributed by atoms with Crippen LogP contribution in [0.1, 0.15) is 37.3 Å². The third-order valence-electron chi connectivity index (χ3n) is 3.24. The number of anilines is 1. The van der Waals surface area contributed by atoms with E-state index in [0.717, 1.165) is 4.88 Å². The summed E-state index contributed by atoms with van der Waals surface area (Å²) < 4.78 is 0. The number of aryl methyl sites for hydroxylation is 2. The molecule has 0 aliphatic heterocycles. The van der Waals surface area contributed by atoms with Crippen molar-refractivity contribution in [3.8, 4) is 0 Å². The predicted octanol–water partition coefficient (Wildman–Crippen LogP) is 3.84. The molecule has 2 aromatic heterocycles. The molecule has 1 unspecified atom stereocenters. The summed E-state index contributed by atoms with van der Waals surface area (Å²) in [7, 11) is 1.84. The Balaban J connectivity index is 2.19. The minimum atomic E-state index is 0.0309. The fourth-order valence-corrected chi connectivity index (χ4v) is 3.72. The molecule has 5 heteroatoms. The normalized spacial score (nSPS) is 12.4. The van der Waals surface area contributed by atoms with Crippen molar-refractivity contribution in [3.63, 3.8) is 0 Å². The summed E-state index contributed by atoms with van der Waals surface area (Å²) in [4.78, 5) is 18.4. The van der Waals surface area contributed by atoms with Gasteiger partial charge in [0, 0.05) is 27.4 Å². The zero-order valence-electron chi connectivity index (χ0n) is 11.6. The first kappa shape index (κ1) is 14.1. The molecule has 102 valence electrons. The highest BCUT2D eigenvalue weighted by atomic mass is 32.1. The summed E-state index contributed by atoms with van der Waals surface area (Å²) in [6.07, 6.45) is 0. The molecular weight excluding hydrogens is 276 g/mol. The summed E-state index contributed by atoms with van der Waals surface area (Å²) >= 11 is 3.19. The van der Waals surface area contributed by atoms with E-state index in [-0.39, 0.29) is 11.9 Å². The lowest BCUT2D eigenvalue weighted by atomic mass is 10.2. The van der Waals surface area contributed by atoms with Crippen LogP contribution in [0.15, 0.2) is 18.2 Å². The van der Waals surface area contributed by atoms with Crippen LogP contribution in [-0.2, 0) is 0 Å². The van der Waals surface area contributed by atoms with Crippen LogP contribution < -0.4 is 5.73 Å². The molecule has 0 aliphatic carbocycles. The Morgan fingerprint density at radius 3 is 2.47 bits per heavy atom. The van der Waals surface area contributed by atoms with Gasteiger partial charge in [-0.3, -0.25) is 4.79 Å². The third kappa shape index (κ3) is 2.82. The molecule has 2 rings (SSSR count). The summed E-state index contributed by atoms with van der Waals surface area (Å²) in [5.41, 5.74) is 6.51. The van der Waals surface area contributed by atoms with Crippen LogP contribution in [0.25, 0.3) is 0 Å². The van der Waals surface area contributed by atoms with Crippen molar-refractivity contribution in [1.82, 2.24) is 4.90 Å². The molecule has 0 aromatic carbocycles. The predicted molar refractivity (Wildman–Crippen MR) is 83.0 cm³/mol. The molecule has 0 radical (unpaired) electrons. The standard InChI is InChI=1S/C14H18N2OS2/c1-8-5-6-12(18-8)9(2)16(4)14(17)13-7-11(15)10(3)19-13/h5-7,9H,15H2,1-4H3. The molecule has 19 heavy (non-hydrogen) atoms. The van der Waals surface area contributed by atoms with Gasteiger partial charge >= 0.3 is 0 Å². The van der Waals surface area contributed by atoms with Crippen LogP contribution >= 0.6 is 22.7 Å². The first-order chi connectivity index (χ1) is 8.90. The van der Waals surface area contributed by atoms with Gasteiger partial charge in [0.1, 0.15) is 0 Å². The van der Waals surface area contributed by atoms with Crippen molar-refractivity contribution >= 4 is 34.3 Å². The highest BCUT2D eigenvalue weighted by Crippen LogP contribution is 2.30. The van der Waals surface area contributed by atoms with Gasteiger partial charge in [0.2, 0.25) is 0 Å². The highest BCUT2D eigenvalue weighted by Gasteiger charge is 2.21. The first-order valence-electron chi connectivity index (χ1n) is 6.09. The zero-order chi connectivity index (χ0) is 14.2. The van der Waals surface area contributed by atoms with Crippen molar-refractivity contribution in [2.75, 3.05) is 12.8 Å². The molecule has 0 bridgehead atoms. The Labute approximate surface area is 121 Å².